The summed E-state index contributed by atoms with van der Waals surface area (Å²) in [6.45, 7) is 1.53. The number of nitrogens with one attached hydrogen (secondary N) is 1. The molecule has 0 aromatic heterocycles. The van der Waals surface area contributed by atoms with Crippen molar-refractivity contribution in [1.29, 1.82) is 0 Å². The summed E-state index contributed by atoms with van der Waals surface area (Å²) in [5.74, 6) is -1.11. The number of rotatable bonds is 2. The van der Waals surface area contributed by atoms with Crippen LogP contribution in [0.15, 0.2) is 12.1 Å². The van der Waals surface area contributed by atoms with E-state index >= 15 is 0 Å². The van der Waals surface area contributed by atoms with Crippen LogP contribution in [0.2, 0.25) is 10.0 Å². The molecule has 0 spiro atoms. The Kier molecular flexibility index (Phi) is 3.90. The zero-order valence-electron chi connectivity index (χ0n) is 7.85. The Morgan fingerprint density at radius 3 is 2.33 bits per heavy atom. The number of amides is 1. The SMILES string of the molecule is C[C@H](N)C(=O)Nc1cc(Cl)c(F)c(Cl)c1. The van der Waals surface area contributed by atoms with E-state index in [1.165, 1.54) is 19.1 Å². The second-order valence-electron chi connectivity index (χ2n) is 3.03. The van der Waals surface area contributed by atoms with Crippen LogP contribution in [0.25, 0.3) is 0 Å². The van der Waals surface area contributed by atoms with Gasteiger partial charge in [-0.25, -0.2) is 4.39 Å². The number of benzene rings is 1. The lowest BCUT2D eigenvalue weighted by Gasteiger charge is -2.08. The van der Waals surface area contributed by atoms with Crippen LogP contribution in [-0.2, 0) is 4.79 Å². The minimum absolute atomic E-state index is 0.150. The first-order chi connectivity index (χ1) is 6.91. The third-order valence-corrected chi connectivity index (χ3v) is 2.21. The van der Waals surface area contributed by atoms with Gasteiger partial charge in [-0.05, 0) is 19.1 Å². The highest BCUT2D eigenvalue weighted by Crippen LogP contribution is 2.27. The highest BCUT2D eigenvalue weighted by Gasteiger charge is 2.11. The number of hydrogen-bond donors (Lipinski definition) is 2. The molecule has 3 nitrogen and oxygen atoms in total. The second-order valence-corrected chi connectivity index (χ2v) is 3.85. The zero-order valence-corrected chi connectivity index (χ0v) is 9.36. The monoisotopic (exact) mass is 250 g/mol. The highest BCUT2D eigenvalue weighted by molar-refractivity contribution is 6.35. The van der Waals surface area contributed by atoms with E-state index in [1.54, 1.807) is 0 Å². The van der Waals surface area contributed by atoms with Crippen molar-refractivity contribution >= 4 is 34.8 Å². The summed E-state index contributed by atoms with van der Waals surface area (Å²) < 4.78 is 13.0. The fourth-order valence-electron chi connectivity index (χ4n) is 0.884. The normalized spacial score (nSPS) is 12.3. The van der Waals surface area contributed by atoms with Gasteiger partial charge in [0.1, 0.15) is 0 Å². The van der Waals surface area contributed by atoms with Gasteiger partial charge >= 0.3 is 0 Å². The molecule has 0 aliphatic heterocycles. The third-order valence-electron chi connectivity index (χ3n) is 1.66. The summed E-state index contributed by atoms with van der Waals surface area (Å²) in [6.07, 6.45) is 0. The molecule has 1 aromatic carbocycles. The molecule has 0 aliphatic carbocycles. The van der Waals surface area contributed by atoms with Gasteiger partial charge in [-0.3, -0.25) is 4.79 Å². The van der Waals surface area contributed by atoms with Crippen LogP contribution >= 0.6 is 23.2 Å². The summed E-state index contributed by atoms with van der Waals surface area (Å²) in [5, 5.41) is 2.15. The highest BCUT2D eigenvalue weighted by atomic mass is 35.5. The molecule has 6 heteroatoms. The average Bonchev–Trinajstić information content (AvgIpc) is 2.13. The van der Waals surface area contributed by atoms with Gasteiger partial charge in [-0.1, -0.05) is 23.2 Å². The fraction of sp³-hybridized carbons (Fsp3) is 0.222. The Balaban J connectivity index is 2.93. The minimum atomic E-state index is -0.711. The van der Waals surface area contributed by atoms with E-state index in [4.69, 9.17) is 28.9 Å². The van der Waals surface area contributed by atoms with E-state index < -0.39 is 17.8 Å². The molecule has 0 unspecified atom stereocenters. The number of hydrogen-bond acceptors (Lipinski definition) is 2. The number of carbonyl (C=O) groups excluding carboxylic acids is 1. The van der Waals surface area contributed by atoms with Crippen LogP contribution in [0.1, 0.15) is 6.92 Å². The summed E-state index contributed by atoms with van der Waals surface area (Å²) in [7, 11) is 0. The summed E-state index contributed by atoms with van der Waals surface area (Å²) >= 11 is 11.1. The lowest BCUT2D eigenvalue weighted by molar-refractivity contribution is -0.117. The maximum Gasteiger partial charge on any atom is 0.241 e. The first kappa shape index (κ1) is 12.2. The Morgan fingerprint density at radius 1 is 1.47 bits per heavy atom. The van der Waals surface area contributed by atoms with E-state index in [0.717, 1.165) is 0 Å². The molecule has 1 atom stereocenters. The molecule has 82 valence electrons. The Hall–Kier alpha value is -0.840. The van der Waals surface area contributed by atoms with E-state index in [2.05, 4.69) is 5.32 Å². The topological polar surface area (TPSA) is 55.1 Å². The van der Waals surface area contributed by atoms with Crippen molar-refractivity contribution in [2.75, 3.05) is 5.32 Å². The van der Waals surface area contributed by atoms with Crippen molar-refractivity contribution in [3.63, 3.8) is 0 Å². The Labute approximate surface area is 96.3 Å². The lowest BCUT2D eigenvalue weighted by atomic mass is 10.2. The van der Waals surface area contributed by atoms with Gasteiger partial charge in [0.25, 0.3) is 0 Å². The molecule has 0 aliphatic rings. The van der Waals surface area contributed by atoms with Gasteiger partial charge < -0.3 is 11.1 Å². The van der Waals surface area contributed by atoms with Gasteiger partial charge in [0, 0.05) is 5.69 Å². The first-order valence-electron chi connectivity index (χ1n) is 4.13. The Morgan fingerprint density at radius 2 is 1.93 bits per heavy atom. The fourth-order valence-corrected chi connectivity index (χ4v) is 1.37. The number of anilines is 1. The molecule has 0 saturated carbocycles. The lowest BCUT2D eigenvalue weighted by Crippen LogP contribution is -2.32. The quantitative estimate of drug-likeness (QED) is 0.793. The molecule has 3 N–H and O–H groups in total. The zero-order chi connectivity index (χ0) is 11.6. The molecule has 15 heavy (non-hydrogen) atoms. The van der Waals surface area contributed by atoms with Gasteiger partial charge in [0.2, 0.25) is 5.91 Å². The molecule has 1 aromatic rings. The van der Waals surface area contributed by atoms with Crippen LogP contribution in [-0.4, -0.2) is 11.9 Å². The molecule has 0 heterocycles. The van der Waals surface area contributed by atoms with Gasteiger partial charge in [0.15, 0.2) is 5.82 Å². The first-order valence-corrected chi connectivity index (χ1v) is 4.88. The number of carbonyl (C=O) groups is 1. The molecule has 0 radical (unpaired) electrons. The predicted octanol–water partition coefficient (Wildman–Crippen LogP) is 2.42. The van der Waals surface area contributed by atoms with Crippen LogP contribution in [0, 0.1) is 5.82 Å². The molecular weight excluding hydrogens is 242 g/mol. The van der Waals surface area contributed by atoms with E-state index in [9.17, 15) is 9.18 Å². The van der Waals surface area contributed by atoms with Crippen LogP contribution in [0.4, 0.5) is 10.1 Å². The molecule has 0 bridgehead atoms. The molecule has 0 saturated heterocycles. The van der Waals surface area contributed by atoms with Crippen LogP contribution < -0.4 is 11.1 Å². The van der Waals surface area contributed by atoms with E-state index in [1.807, 2.05) is 0 Å². The molecule has 1 rings (SSSR count). The minimum Gasteiger partial charge on any atom is -0.325 e. The van der Waals surface area contributed by atoms with Gasteiger partial charge in [-0.15, -0.1) is 0 Å². The summed E-state index contributed by atoms with van der Waals surface area (Å²) in [6, 6.07) is 1.87. The molecule has 1 amide bonds. The average molecular weight is 251 g/mol. The van der Waals surface area contributed by atoms with Gasteiger partial charge in [-0.2, -0.15) is 0 Å². The van der Waals surface area contributed by atoms with Crippen LogP contribution in [0.5, 0.6) is 0 Å². The number of nitrogens with two attached hydrogens (primary N) is 1. The van der Waals surface area contributed by atoms with Crippen molar-refractivity contribution in [3.8, 4) is 0 Å². The van der Waals surface area contributed by atoms with E-state index in [-0.39, 0.29) is 10.0 Å². The summed E-state index contributed by atoms with van der Waals surface area (Å²) in [5.41, 5.74) is 5.65. The van der Waals surface area contributed by atoms with E-state index in [0.29, 0.717) is 5.69 Å². The standard InChI is InChI=1S/C9H9Cl2FN2O/c1-4(13)9(15)14-5-2-6(10)8(12)7(11)3-5/h2-4H,13H2,1H3,(H,14,15)/t4-/m0/s1. The maximum absolute atomic E-state index is 13.0. The van der Waals surface area contributed by atoms with Crippen molar-refractivity contribution in [3.05, 3.63) is 28.0 Å². The predicted molar refractivity (Wildman–Crippen MR) is 58.7 cm³/mol. The van der Waals surface area contributed by atoms with Crippen LogP contribution in [0.3, 0.4) is 0 Å². The summed E-state index contributed by atoms with van der Waals surface area (Å²) in [4.78, 5) is 11.2. The second kappa shape index (κ2) is 4.79. The maximum atomic E-state index is 13.0. The third kappa shape index (κ3) is 3.06. The van der Waals surface area contributed by atoms with Gasteiger partial charge in [0.05, 0.1) is 16.1 Å². The largest absolute Gasteiger partial charge is 0.325 e. The molecular formula is C9H9Cl2FN2O. The van der Waals surface area contributed by atoms with Crippen molar-refractivity contribution in [2.24, 2.45) is 5.73 Å². The molecule has 0 fully saturated rings. The number of halogens is 3. The van der Waals surface area contributed by atoms with Crippen molar-refractivity contribution < 1.29 is 9.18 Å². The van der Waals surface area contributed by atoms with Crippen molar-refractivity contribution in [2.45, 2.75) is 13.0 Å². The Bertz CT molecular complexity index is 373. The smallest absolute Gasteiger partial charge is 0.241 e. The van der Waals surface area contributed by atoms with Crippen molar-refractivity contribution in [1.82, 2.24) is 0 Å².